The number of ether oxygens (including phenoxy) is 1. The van der Waals surface area contributed by atoms with Crippen molar-refractivity contribution in [1.29, 1.82) is 0 Å². The van der Waals surface area contributed by atoms with Crippen LogP contribution in [0.25, 0.3) is 0 Å². The summed E-state index contributed by atoms with van der Waals surface area (Å²) < 4.78 is 5.60. The minimum atomic E-state index is -0.420. The van der Waals surface area contributed by atoms with Crippen molar-refractivity contribution in [3.05, 3.63) is 46.1 Å². The number of aromatic nitrogens is 2. The van der Waals surface area contributed by atoms with Crippen molar-refractivity contribution in [1.82, 2.24) is 9.97 Å². The third-order valence-electron chi connectivity index (χ3n) is 2.75. The van der Waals surface area contributed by atoms with Gasteiger partial charge in [-0.1, -0.05) is 6.92 Å². The molecule has 110 valence electrons. The van der Waals surface area contributed by atoms with Crippen LogP contribution in [0, 0.1) is 17.0 Å². The molecule has 0 aliphatic carbocycles. The fourth-order valence-corrected chi connectivity index (χ4v) is 1.74. The lowest BCUT2D eigenvalue weighted by molar-refractivity contribution is -0.385. The topological polar surface area (TPSA) is 90.2 Å². The monoisotopic (exact) mass is 288 g/mol. The maximum Gasteiger partial charge on any atom is 0.272 e. The fraction of sp³-hybridized carbons (Fsp3) is 0.286. The normalized spacial score (nSPS) is 10.2. The van der Waals surface area contributed by atoms with Crippen molar-refractivity contribution in [3.8, 4) is 11.6 Å². The van der Waals surface area contributed by atoms with Gasteiger partial charge >= 0.3 is 0 Å². The second-order valence-electron chi connectivity index (χ2n) is 4.45. The molecule has 0 saturated heterocycles. The van der Waals surface area contributed by atoms with Crippen molar-refractivity contribution in [2.45, 2.75) is 20.3 Å². The maximum absolute atomic E-state index is 10.8. The molecular weight excluding hydrogens is 272 g/mol. The van der Waals surface area contributed by atoms with E-state index in [0.29, 0.717) is 23.1 Å². The van der Waals surface area contributed by atoms with E-state index < -0.39 is 4.92 Å². The molecule has 1 N–H and O–H groups in total. The van der Waals surface area contributed by atoms with E-state index in [4.69, 9.17) is 4.74 Å². The third kappa shape index (κ3) is 3.88. The van der Waals surface area contributed by atoms with E-state index in [2.05, 4.69) is 15.3 Å². The zero-order chi connectivity index (χ0) is 15.2. The Morgan fingerprint density at radius 2 is 2.19 bits per heavy atom. The van der Waals surface area contributed by atoms with Gasteiger partial charge in [0.1, 0.15) is 5.75 Å². The number of hydrogen-bond donors (Lipinski definition) is 1. The van der Waals surface area contributed by atoms with E-state index in [1.54, 1.807) is 31.3 Å². The standard InChI is InChI=1S/C14H16N4O3/c1-3-7-15-14-16-8-6-13(17-14)21-11-4-5-12(18(19)20)10(2)9-11/h4-6,8-9H,3,7H2,1-2H3,(H,15,16,17). The van der Waals surface area contributed by atoms with Crippen LogP contribution in [0.4, 0.5) is 11.6 Å². The quantitative estimate of drug-likeness (QED) is 0.647. The first kappa shape index (κ1) is 14.7. The number of benzene rings is 1. The van der Waals surface area contributed by atoms with Crippen LogP contribution in [0.15, 0.2) is 30.5 Å². The van der Waals surface area contributed by atoms with Gasteiger partial charge in [-0.15, -0.1) is 0 Å². The summed E-state index contributed by atoms with van der Waals surface area (Å²) in [5.41, 5.74) is 0.603. The van der Waals surface area contributed by atoms with E-state index in [-0.39, 0.29) is 5.69 Å². The van der Waals surface area contributed by atoms with E-state index in [9.17, 15) is 10.1 Å². The van der Waals surface area contributed by atoms with Crippen LogP contribution >= 0.6 is 0 Å². The predicted octanol–water partition coefficient (Wildman–Crippen LogP) is 3.31. The summed E-state index contributed by atoms with van der Waals surface area (Å²) in [6.45, 7) is 4.49. The first-order valence-electron chi connectivity index (χ1n) is 6.60. The Labute approximate surface area is 122 Å². The van der Waals surface area contributed by atoms with Crippen molar-refractivity contribution in [2.24, 2.45) is 0 Å². The molecule has 1 heterocycles. The summed E-state index contributed by atoms with van der Waals surface area (Å²) >= 11 is 0. The first-order valence-corrected chi connectivity index (χ1v) is 6.60. The minimum absolute atomic E-state index is 0.0651. The van der Waals surface area contributed by atoms with Crippen LogP contribution in [0.5, 0.6) is 11.6 Å². The Balaban J connectivity index is 2.14. The molecule has 0 aliphatic heterocycles. The van der Waals surface area contributed by atoms with Gasteiger partial charge in [0.2, 0.25) is 11.8 Å². The molecule has 7 nitrogen and oxygen atoms in total. The molecule has 1 aromatic heterocycles. The van der Waals surface area contributed by atoms with Gasteiger partial charge in [-0.25, -0.2) is 4.98 Å². The summed E-state index contributed by atoms with van der Waals surface area (Å²) in [6, 6.07) is 6.21. The highest BCUT2D eigenvalue weighted by molar-refractivity contribution is 5.45. The van der Waals surface area contributed by atoms with Gasteiger partial charge in [-0.3, -0.25) is 10.1 Å². The van der Waals surface area contributed by atoms with Crippen LogP contribution in [-0.2, 0) is 0 Å². The maximum atomic E-state index is 10.8. The summed E-state index contributed by atoms with van der Waals surface area (Å²) in [5, 5.41) is 13.8. The zero-order valence-corrected chi connectivity index (χ0v) is 11.9. The summed E-state index contributed by atoms with van der Waals surface area (Å²) in [6.07, 6.45) is 2.56. The highest BCUT2D eigenvalue weighted by Crippen LogP contribution is 2.26. The molecule has 2 rings (SSSR count). The molecule has 7 heteroatoms. The number of nitro benzene ring substituents is 1. The van der Waals surface area contributed by atoms with Crippen molar-refractivity contribution < 1.29 is 9.66 Å². The molecule has 1 aromatic carbocycles. The molecule has 2 aromatic rings. The molecule has 0 saturated carbocycles. The molecule has 0 fully saturated rings. The smallest absolute Gasteiger partial charge is 0.272 e. The molecule has 0 radical (unpaired) electrons. The Bertz CT molecular complexity index is 646. The number of nitrogens with one attached hydrogen (secondary N) is 1. The van der Waals surface area contributed by atoms with Crippen molar-refractivity contribution >= 4 is 11.6 Å². The van der Waals surface area contributed by atoms with Gasteiger partial charge in [0.25, 0.3) is 5.69 Å². The summed E-state index contributed by atoms with van der Waals surface area (Å²) in [7, 11) is 0. The molecular formula is C14H16N4O3. The molecule has 0 amide bonds. The van der Waals surface area contributed by atoms with Gasteiger partial charge in [0.05, 0.1) is 4.92 Å². The van der Waals surface area contributed by atoms with Crippen LogP contribution in [0.3, 0.4) is 0 Å². The molecule has 21 heavy (non-hydrogen) atoms. The van der Waals surface area contributed by atoms with E-state index in [1.165, 1.54) is 6.07 Å². The van der Waals surface area contributed by atoms with Gasteiger partial charge < -0.3 is 10.1 Å². The largest absolute Gasteiger partial charge is 0.439 e. The number of rotatable bonds is 6. The van der Waals surface area contributed by atoms with Gasteiger partial charge in [0, 0.05) is 30.4 Å². The van der Waals surface area contributed by atoms with Gasteiger partial charge in [-0.2, -0.15) is 4.98 Å². The number of aryl methyl sites for hydroxylation is 1. The van der Waals surface area contributed by atoms with Crippen LogP contribution in [-0.4, -0.2) is 21.4 Å². The van der Waals surface area contributed by atoms with E-state index in [1.807, 2.05) is 6.92 Å². The van der Waals surface area contributed by atoms with Crippen LogP contribution in [0.1, 0.15) is 18.9 Å². The second kappa shape index (κ2) is 6.65. The molecule has 0 spiro atoms. The number of anilines is 1. The molecule has 0 aliphatic rings. The Hall–Kier alpha value is -2.70. The summed E-state index contributed by atoms with van der Waals surface area (Å²) in [4.78, 5) is 18.6. The first-order chi connectivity index (χ1) is 10.1. The van der Waals surface area contributed by atoms with Crippen LogP contribution < -0.4 is 10.1 Å². The molecule has 0 unspecified atom stereocenters. The number of nitro groups is 1. The number of nitrogens with zero attached hydrogens (tertiary/aromatic N) is 3. The molecule has 0 bridgehead atoms. The lowest BCUT2D eigenvalue weighted by atomic mass is 10.2. The minimum Gasteiger partial charge on any atom is -0.439 e. The second-order valence-corrected chi connectivity index (χ2v) is 4.45. The van der Waals surface area contributed by atoms with Crippen molar-refractivity contribution in [2.75, 3.05) is 11.9 Å². The average Bonchev–Trinajstić information content (AvgIpc) is 2.45. The van der Waals surface area contributed by atoms with Gasteiger partial charge in [-0.05, 0) is 25.5 Å². The molecule has 0 atom stereocenters. The lowest BCUT2D eigenvalue weighted by Gasteiger charge is -2.07. The Morgan fingerprint density at radius 1 is 1.38 bits per heavy atom. The van der Waals surface area contributed by atoms with E-state index >= 15 is 0 Å². The van der Waals surface area contributed by atoms with Crippen LogP contribution in [0.2, 0.25) is 0 Å². The Kier molecular flexibility index (Phi) is 4.65. The highest BCUT2D eigenvalue weighted by Gasteiger charge is 2.11. The Morgan fingerprint density at radius 3 is 2.86 bits per heavy atom. The average molecular weight is 288 g/mol. The zero-order valence-electron chi connectivity index (χ0n) is 11.9. The summed E-state index contributed by atoms with van der Waals surface area (Å²) in [5.74, 6) is 1.38. The highest BCUT2D eigenvalue weighted by atomic mass is 16.6. The lowest BCUT2D eigenvalue weighted by Crippen LogP contribution is -2.04. The van der Waals surface area contributed by atoms with Gasteiger partial charge in [0.15, 0.2) is 0 Å². The van der Waals surface area contributed by atoms with E-state index in [0.717, 1.165) is 13.0 Å². The van der Waals surface area contributed by atoms with Crippen molar-refractivity contribution in [3.63, 3.8) is 0 Å². The number of hydrogen-bond acceptors (Lipinski definition) is 6. The SMILES string of the molecule is CCCNc1nccc(Oc2ccc([N+](=O)[O-])c(C)c2)n1. The predicted molar refractivity (Wildman–Crippen MR) is 78.7 cm³/mol. The fourth-order valence-electron chi connectivity index (χ4n) is 1.74. The third-order valence-corrected chi connectivity index (χ3v) is 2.75.